The molecule has 0 fully saturated rings. The maximum Gasteiger partial charge on any atom is 5.00 e. The second-order valence-electron chi connectivity index (χ2n) is 4.61. The molecule has 0 N–H and O–H groups in total. The molecule has 0 amide bonds. The Labute approximate surface area is 181 Å². The number of allylic oxidation sites excluding steroid dienone is 4. The van der Waals surface area contributed by atoms with Crippen LogP contribution in [0, 0.1) is 34.4 Å². The molecule has 3 rings (SSSR count). The molecule has 0 unspecified atom stereocenters. The normalized spacial score (nSPS) is 8.96. The molecule has 0 bridgehead atoms. The van der Waals surface area contributed by atoms with Crippen LogP contribution >= 0.6 is 24.8 Å². The summed E-state index contributed by atoms with van der Waals surface area (Å²) in [5.41, 5.74) is 0.935. The average Bonchev–Trinajstić information content (AvgIpc) is 2.97. The second-order valence-corrected chi connectivity index (χ2v) is 7.61. The van der Waals surface area contributed by atoms with Crippen molar-refractivity contribution in [2.24, 2.45) is 0 Å². The average molecular weight is 436 g/mol. The summed E-state index contributed by atoms with van der Waals surface area (Å²) in [6.07, 6.45) is 11.8. The van der Waals surface area contributed by atoms with Gasteiger partial charge in [0.2, 0.25) is 0 Å². The van der Waals surface area contributed by atoms with Gasteiger partial charge in [-0.1, -0.05) is 25.7 Å². The molecule has 2 aromatic rings. The van der Waals surface area contributed by atoms with Crippen LogP contribution in [0.4, 0.5) is 0 Å². The van der Waals surface area contributed by atoms with E-state index in [1.807, 2.05) is 42.5 Å². The van der Waals surface area contributed by atoms with Crippen molar-refractivity contribution in [1.82, 2.24) is 4.98 Å². The van der Waals surface area contributed by atoms with Crippen LogP contribution < -0.4 is 0 Å². The van der Waals surface area contributed by atoms with E-state index in [-0.39, 0.29) is 73.3 Å². The van der Waals surface area contributed by atoms with Crippen LogP contribution in [0.5, 0.6) is 0 Å². The molecule has 1 heterocycles. The molecule has 0 saturated carbocycles. The van der Waals surface area contributed by atoms with Crippen LogP contribution in [-0.4, -0.2) is 13.8 Å². The van der Waals surface area contributed by atoms with Crippen molar-refractivity contribution >= 4 is 44.5 Å². The summed E-state index contributed by atoms with van der Waals surface area (Å²) in [5, 5.41) is 1.14. The Morgan fingerprint density at radius 1 is 1.00 bits per heavy atom. The first-order valence-corrected chi connectivity index (χ1v) is 9.40. The van der Waals surface area contributed by atoms with Gasteiger partial charge in [-0.15, -0.1) is 42.7 Å². The zero-order valence-electron chi connectivity index (χ0n) is 16.1. The Morgan fingerprint density at radius 2 is 1.56 bits per heavy atom. The van der Waals surface area contributed by atoms with E-state index >= 15 is 0 Å². The first-order chi connectivity index (χ1) is 9.20. The van der Waals surface area contributed by atoms with E-state index in [2.05, 4.69) is 42.8 Å². The minimum absolute atomic E-state index is 0. The predicted octanol–water partition coefficient (Wildman–Crippen LogP) is 6.90. The molecule has 1 aromatic heterocycles. The molecule has 1 aromatic carbocycles. The molecular formula is C20H31Cl2CrNSi. The number of rotatable bonds is 0. The molecule has 1 aliphatic carbocycles. The number of nitrogens with zero attached hydrogens (tertiary/aromatic N) is 1. The third kappa shape index (κ3) is 21.4. The number of aromatic nitrogens is 1. The fraction of sp³-hybridized carbons (Fsp3) is 0.200. The molecular weight excluding hydrogens is 405 g/mol. The molecule has 25 heavy (non-hydrogen) atoms. The minimum Gasteiger partial charge on any atom is -0.358 e. The summed E-state index contributed by atoms with van der Waals surface area (Å²) < 4.78 is 0. The number of hydrogen-bond donors (Lipinski definition) is 0. The monoisotopic (exact) mass is 435 g/mol. The van der Waals surface area contributed by atoms with Gasteiger partial charge in [0.25, 0.3) is 0 Å². The van der Waals surface area contributed by atoms with E-state index in [0.29, 0.717) is 0 Å². The summed E-state index contributed by atoms with van der Waals surface area (Å²) in [6.45, 7) is 6.81. The number of para-hydroxylation sites is 1. The molecule has 5 heteroatoms. The van der Waals surface area contributed by atoms with Gasteiger partial charge in [0.1, 0.15) is 0 Å². The van der Waals surface area contributed by atoms with Gasteiger partial charge >= 0.3 is 17.4 Å². The van der Waals surface area contributed by atoms with Crippen molar-refractivity contribution in [3.8, 4) is 0 Å². The zero-order valence-corrected chi connectivity index (χ0v) is 20.0. The van der Waals surface area contributed by atoms with Gasteiger partial charge < -0.3 is 22.3 Å². The largest absolute Gasteiger partial charge is 5.00 e. The fourth-order valence-corrected chi connectivity index (χ4v) is 1.29. The number of benzene rings is 1. The summed E-state index contributed by atoms with van der Waals surface area (Å²) in [7, 11) is 0.120. The summed E-state index contributed by atoms with van der Waals surface area (Å²) >= 11 is 0. The molecule has 0 saturated heterocycles. The molecule has 0 atom stereocenters. The number of fused-ring (bicyclic) bond motifs is 1. The Morgan fingerprint density at radius 3 is 1.96 bits per heavy atom. The molecule has 0 spiro atoms. The minimum atomic E-state index is 0. The van der Waals surface area contributed by atoms with Crippen molar-refractivity contribution in [2.45, 2.75) is 26.1 Å². The van der Waals surface area contributed by atoms with Gasteiger partial charge in [-0.2, -0.15) is 30.3 Å². The smallest absolute Gasteiger partial charge is 0.358 e. The quantitative estimate of drug-likeness (QED) is 0.323. The van der Waals surface area contributed by atoms with Gasteiger partial charge in [0.15, 0.2) is 0 Å². The maximum absolute atomic E-state index is 4.13. The summed E-state index contributed by atoms with van der Waals surface area (Å²) in [5.74, 6) is 0. The van der Waals surface area contributed by atoms with Crippen LogP contribution in [0.3, 0.4) is 0 Å². The van der Waals surface area contributed by atoms with Crippen LogP contribution in [0.2, 0.25) is 19.6 Å². The molecule has 2 radical (unpaired) electrons. The third-order valence-electron chi connectivity index (χ3n) is 2.02. The molecule has 0 aliphatic heterocycles. The van der Waals surface area contributed by atoms with E-state index in [0.717, 1.165) is 17.3 Å². The fourth-order valence-electron chi connectivity index (χ4n) is 1.29. The van der Waals surface area contributed by atoms with E-state index < -0.39 is 0 Å². The van der Waals surface area contributed by atoms with Crippen molar-refractivity contribution < 1.29 is 17.4 Å². The first kappa shape index (κ1) is 39.5. The van der Waals surface area contributed by atoms with Crippen LogP contribution in [-0.2, 0) is 17.4 Å². The van der Waals surface area contributed by atoms with E-state index in [1.165, 1.54) is 0 Å². The van der Waals surface area contributed by atoms with E-state index in [4.69, 9.17) is 0 Å². The maximum atomic E-state index is 4.13. The van der Waals surface area contributed by atoms with Crippen LogP contribution in [0.1, 0.15) is 6.42 Å². The van der Waals surface area contributed by atoms with Crippen molar-refractivity contribution in [2.75, 3.05) is 0 Å². The van der Waals surface area contributed by atoms with Gasteiger partial charge in [0, 0.05) is 15.0 Å². The van der Waals surface area contributed by atoms with Gasteiger partial charge in [-0.3, -0.25) is 11.1 Å². The first-order valence-electron chi connectivity index (χ1n) is 6.40. The van der Waals surface area contributed by atoms with Crippen molar-refractivity contribution in [3.63, 3.8) is 0 Å². The Kier molecular flexibility index (Phi) is 40.6. The zero-order chi connectivity index (χ0) is 13.9. The Bertz CT molecular complexity index is 468. The Hall–Kier alpha value is -0.561. The predicted molar refractivity (Wildman–Crippen MR) is 119 cm³/mol. The van der Waals surface area contributed by atoms with Crippen molar-refractivity contribution in [1.29, 1.82) is 0 Å². The third-order valence-corrected chi connectivity index (χ3v) is 2.02. The second kappa shape index (κ2) is 25.7. The van der Waals surface area contributed by atoms with Crippen LogP contribution in [0.25, 0.3) is 10.9 Å². The summed E-state index contributed by atoms with van der Waals surface area (Å²) in [6, 6.07) is 12.9. The van der Waals surface area contributed by atoms with Crippen LogP contribution in [0.15, 0.2) is 54.8 Å². The molecule has 1 aliphatic rings. The van der Waals surface area contributed by atoms with Gasteiger partial charge in [-0.25, -0.2) is 12.2 Å². The van der Waals surface area contributed by atoms with Gasteiger partial charge in [0.05, 0.1) is 0 Å². The van der Waals surface area contributed by atoms with Crippen molar-refractivity contribution in [3.05, 3.63) is 89.2 Å². The van der Waals surface area contributed by atoms with E-state index in [1.54, 1.807) is 6.20 Å². The standard InChI is InChI=1S/C9H6N.C5H5.C3H9Si.3CH3.2ClH.Cr/c1-2-6-9-8(4-1)5-3-7-10-9;1-2-4-5-3-1;1-4(2)3;;;;;;/h1-5,7H;1-3H,4H2;1-3H3;3*1H3;2*1H;/q2*-1;;3*-1;;;+5. The molecule has 140 valence electrons. The number of pyridine rings is 1. The van der Waals surface area contributed by atoms with E-state index in [9.17, 15) is 0 Å². The SMILES string of the molecule is C[Si](C)C.Cl.Cl.[C-]1=CC=CC1.[CH3-].[CH3-].[CH3-].[Cr+5].[c-]1cccc2cccnc12. The topological polar surface area (TPSA) is 12.9 Å². The number of halogens is 2. The summed E-state index contributed by atoms with van der Waals surface area (Å²) in [4.78, 5) is 4.13. The van der Waals surface area contributed by atoms with Gasteiger partial charge in [-0.05, 0) is 5.52 Å². The molecule has 1 nitrogen and oxygen atoms in total. The Balaban J connectivity index is -0.0000000535. The number of hydrogen-bond acceptors (Lipinski definition) is 1.